The molecule has 1 aliphatic heterocycles. The maximum atomic E-state index is 11.3. The SMILES string of the molecule is O=COc1ccnc(-c2cc(OC=O)cc(-c3cc(-c4sc(-c5ccc(N(c6ccccc6)c6ccccc6)s5)c5c4OCCO5)ccn3)n2)c1. The predicted molar refractivity (Wildman–Crippen MR) is 196 cm³/mol. The molecule has 8 rings (SSSR count). The van der Waals surface area contributed by atoms with Crippen LogP contribution in [0.5, 0.6) is 23.0 Å². The number of carbonyl (C=O) groups is 2. The van der Waals surface area contributed by atoms with E-state index in [1.165, 1.54) is 6.20 Å². The van der Waals surface area contributed by atoms with Crippen molar-refractivity contribution in [2.24, 2.45) is 0 Å². The Balaban J connectivity index is 1.18. The van der Waals surface area contributed by atoms with Crippen LogP contribution in [0, 0.1) is 0 Å². The van der Waals surface area contributed by atoms with Crippen LogP contribution in [0.2, 0.25) is 0 Å². The van der Waals surface area contributed by atoms with Crippen LogP contribution in [-0.2, 0) is 9.59 Å². The van der Waals surface area contributed by atoms with Gasteiger partial charge in [0.05, 0.1) is 37.4 Å². The highest BCUT2D eigenvalue weighted by molar-refractivity contribution is 7.26. The summed E-state index contributed by atoms with van der Waals surface area (Å²) in [6.07, 6.45) is 3.20. The number of pyridine rings is 3. The molecule has 5 aromatic heterocycles. The summed E-state index contributed by atoms with van der Waals surface area (Å²) >= 11 is 3.27. The minimum atomic E-state index is 0.252. The lowest BCUT2D eigenvalue weighted by Gasteiger charge is -2.23. The van der Waals surface area contributed by atoms with Crippen molar-refractivity contribution in [2.45, 2.75) is 0 Å². The lowest BCUT2D eigenvalue weighted by atomic mass is 10.1. The number of aromatic nitrogens is 3. The summed E-state index contributed by atoms with van der Waals surface area (Å²) in [5, 5.41) is 1.06. The number of nitrogens with zero attached hydrogens (tertiary/aromatic N) is 4. The third-order valence-corrected chi connectivity index (χ3v) is 10.4. The van der Waals surface area contributed by atoms with Crippen LogP contribution < -0.4 is 23.8 Å². The summed E-state index contributed by atoms with van der Waals surface area (Å²) in [5.74, 6) is 1.94. The largest absolute Gasteiger partial charge is 0.485 e. The van der Waals surface area contributed by atoms with Gasteiger partial charge >= 0.3 is 0 Å². The van der Waals surface area contributed by atoms with E-state index in [0.717, 1.165) is 36.6 Å². The number of rotatable bonds is 11. The van der Waals surface area contributed by atoms with Crippen molar-refractivity contribution in [3.8, 4) is 66.0 Å². The summed E-state index contributed by atoms with van der Waals surface area (Å²) in [6, 6.07) is 35.0. The average molecular weight is 711 g/mol. The quantitative estimate of drug-likeness (QED) is 0.121. The molecule has 250 valence electrons. The van der Waals surface area contributed by atoms with Crippen molar-refractivity contribution in [1.29, 1.82) is 0 Å². The van der Waals surface area contributed by atoms with E-state index in [1.54, 1.807) is 53.1 Å². The zero-order valence-electron chi connectivity index (χ0n) is 26.7. The average Bonchev–Trinajstić information content (AvgIpc) is 3.82. The summed E-state index contributed by atoms with van der Waals surface area (Å²) in [7, 11) is 0. The third-order valence-electron chi connectivity index (χ3n) is 7.91. The van der Waals surface area contributed by atoms with Gasteiger partial charge in [-0.25, -0.2) is 4.98 Å². The normalized spacial score (nSPS) is 11.8. The molecule has 10 nitrogen and oxygen atoms in total. The second-order valence-corrected chi connectivity index (χ2v) is 13.2. The van der Waals surface area contributed by atoms with Gasteiger partial charge < -0.3 is 23.8 Å². The molecule has 0 amide bonds. The maximum absolute atomic E-state index is 11.3. The van der Waals surface area contributed by atoms with Crippen molar-refractivity contribution in [2.75, 3.05) is 18.1 Å². The van der Waals surface area contributed by atoms with E-state index >= 15 is 0 Å². The van der Waals surface area contributed by atoms with Gasteiger partial charge in [0.15, 0.2) is 11.5 Å². The molecule has 0 atom stereocenters. The summed E-state index contributed by atoms with van der Waals surface area (Å²) < 4.78 is 22.7. The van der Waals surface area contributed by atoms with E-state index in [1.807, 2.05) is 48.5 Å². The van der Waals surface area contributed by atoms with E-state index in [2.05, 4.69) is 51.3 Å². The van der Waals surface area contributed by atoms with Gasteiger partial charge in [-0.3, -0.25) is 19.6 Å². The van der Waals surface area contributed by atoms with Gasteiger partial charge in [0.1, 0.15) is 29.7 Å². The molecule has 1 aliphatic rings. The third kappa shape index (κ3) is 6.53. The van der Waals surface area contributed by atoms with Crippen LogP contribution in [0.1, 0.15) is 0 Å². The monoisotopic (exact) mass is 710 g/mol. The molecule has 6 heterocycles. The Morgan fingerprint density at radius 2 is 1.20 bits per heavy atom. The Morgan fingerprint density at radius 1 is 0.608 bits per heavy atom. The fraction of sp³-hybridized carbons (Fsp3) is 0.0513. The Kier molecular flexibility index (Phi) is 8.90. The van der Waals surface area contributed by atoms with Gasteiger partial charge in [-0.2, -0.15) is 0 Å². The van der Waals surface area contributed by atoms with Crippen LogP contribution in [-0.4, -0.2) is 41.1 Å². The van der Waals surface area contributed by atoms with Crippen LogP contribution in [0.15, 0.2) is 122 Å². The van der Waals surface area contributed by atoms with Crippen LogP contribution in [0.4, 0.5) is 16.4 Å². The number of fused-ring (bicyclic) bond motifs is 1. The Bertz CT molecular complexity index is 2310. The molecule has 0 spiro atoms. The van der Waals surface area contributed by atoms with Gasteiger partial charge in [-0.05, 0) is 60.2 Å². The molecular weight excluding hydrogens is 685 g/mol. The second-order valence-electron chi connectivity index (χ2n) is 11.1. The highest BCUT2D eigenvalue weighted by atomic mass is 32.1. The summed E-state index contributed by atoms with van der Waals surface area (Å²) in [5.41, 5.74) is 4.77. The highest BCUT2D eigenvalue weighted by Crippen LogP contribution is 2.56. The Hall–Kier alpha value is -6.37. The van der Waals surface area contributed by atoms with Crippen molar-refractivity contribution >= 4 is 52.0 Å². The number of hydrogen-bond acceptors (Lipinski definition) is 12. The van der Waals surface area contributed by atoms with Crippen molar-refractivity contribution in [3.63, 3.8) is 0 Å². The molecule has 0 saturated heterocycles. The maximum Gasteiger partial charge on any atom is 0.298 e. The smallest absolute Gasteiger partial charge is 0.298 e. The van der Waals surface area contributed by atoms with Gasteiger partial charge in [0.25, 0.3) is 12.9 Å². The first-order valence-electron chi connectivity index (χ1n) is 15.8. The zero-order chi connectivity index (χ0) is 34.6. The van der Waals surface area contributed by atoms with E-state index in [0.29, 0.717) is 66.2 Å². The predicted octanol–water partition coefficient (Wildman–Crippen LogP) is 8.97. The number of thiophene rings is 2. The van der Waals surface area contributed by atoms with Gasteiger partial charge in [0, 0.05) is 42.0 Å². The van der Waals surface area contributed by atoms with Gasteiger partial charge in [-0.1, -0.05) is 36.4 Å². The Morgan fingerprint density at radius 3 is 1.86 bits per heavy atom. The number of anilines is 3. The van der Waals surface area contributed by atoms with Gasteiger partial charge in [-0.15, -0.1) is 22.7 Å². The van der Waals surface area contributed by atoms with E-state index in [4.69, 9.17) is 23.9 Å². The molecule has 51 heavy (non-hydrogen) atoms. The number of carbonyl (C=O) groups excluding carboxylic acids is 2. The van der Waals surface area contributed by atoms with E-state index in [9.17, 15) is 9.59 Å². The number of benzene rings is 2. The molecule has 0 saturated carbocycles. The molecule has 0 aliphatic carbocycles. The molecule has 0 unspecified atom stereocenters. The van der Waals surface area contributed by atoms with E-state index in [-0.39, 0.29) is 5.75 Å². The molecule has 0 bridgehead atoms. The van der Waals surface area contributed by atoms with Crippen LogP contribution >= 0.6 is 22.7 Å². The summed E-state index contributed by atoms with van der Waals surface area (Å²) in [6.45, 7) is 1.55. The molecule has 0 fully saturated rings. The first kappa shape index (κ1) is 31.9. The fourth-order valence-electron chi connectivity index (χ4n) is 5.71. The molecule has 7 aromatic rings. The van der Waals surface area contributed by atoms with Crippen molar-refractivity contribution in [1.82, 2.24) is 15.0 Å². The topological polar surface area (TPSA) is 113 Å². The minimum Gasteiger partial charge on any atom is -0.485 e. The van der Waals surface area contributed by atoms with Gasteiger partial charge in [0.2, 0.25) is 0 Å². The van der Waals surface area contributed by atoms with Crippen LogP contribution in [0.3, 0.4) is 0 Å². The lowest BCUT2D eigenvalue weighted by Crippen LogP contribution is -2.14. The second kappa shape index (κ2) is 14.2. The zero-order valence-corrected chi connectivity index (χ0v) is 28.3. The molecule has 0 radical (unpaired) electrons. The lowest BCUT2D eigenvalue weighted by molar-refractivity contribution is -0.121. The minimum absolute atomic E-state index is 0.252. The van der Waals surface area contributed by atoms with E-state index < -0.39 is 0 Å². The number of para-hydroxylation sites is 2. The highest BCUT2D eigenvalue weighted by Gasteiger charge is 2.28. The number of hydrogen-bond donors (Lipinski definition) is 0. The molecule has 2 aromatic carbocycles. The molecule has 0 N–H and O–H groups in total. The standard InChI is InChI=1S/C39H26N4O6S2/c44-23-48-28-14-16-41-31(20-28)33-22-29(49-24-45)21-32(42-33)30-19-25(13-15-40-30)38-36-37(47-18-17-46-36)39(51-38)34-11-12-35(50-34)43(26-7-3-1-4-8-26)27-9-5-2-6-10-27/h1-16,19-24H,17-18H2. The van der Waals surface area contributed by atoms with Crippen LogP contribution in [0.25, 0.3) is 43.0 Å². The molecular formula is C39H26N4O6S2. The number of ether oxygens (including phenoxy) is 4. The molecule has 12 heteroatoms. The van der Waals surface area contributed by atoms with Crippen molar-refractivity contribution < 1.29 is 28.5 Å². The first-order chi connectivity index (χ1) is 25.2. The Labute approximate surface area is 300 Å². The fourth-order valence-corrected chi connectivity index (χ4v) is 8.06. The van der Waals surface area contributed by atoms with Crippen molar-refractivity contribution in [3.05, 3.63) is 122 Å². The summed E-state index contributed by atoms with van der Waals surface area (Å²) in [4.78, 5) is 41.2. The first-order valence-corrected chi connectivity index (χ1v) is 17.4.